The Kier molecular flexibility index (Phi) is 7.72. The zero-order valence-corrected chi connectivity index (χ0v) is 18.6. The van der Waals surface area contributed by atoms with Gasteiger partial charge in [-0.15, -0.1) is 0 Å². The van der Waals surface area contributed by atoms with Gasteiger partial charge in [-0.2, -0.15) is 0 Å². The molecule has 2 amide bonds. The molecule has 1 atom stereocenters. The van der Waals surface area contributed by atoms with Gasteiger partial charge >= 0.3 is 13.9 Å². The molecule has 0 aliphatic heterocycles. The molecule has 0 bridgehead atoms. The third-order valence-electron chi connectivity index (χ3n) is 5.19. The molecule has 1 unspecified atom stereocenters. The van der Waals surface area contributed by atoms with Crippen molar-refractivity contribution in [1.29, 1.82) is 0 Å². The van der Waals surface area contributed by atoms with Crippen LogP contribution in [-0.4, -0.2) is 48.4 Å². The average molecular weight is 470 g/mol. The molecule has 2 aromatic carbocycles. The van der Waals surface area contributed by atoms with Crippen LogP contribution < -0.4 is 10.6 Å². The number of sulfone groups is 1. The van der Waals surface area contributed by atoms with Crippen LogP contribution in [0.2, 0.25) is 0 Å². The van der Waals surface area contributed by atoms with E-state index in [2.05, 4.69) is 15.2 Å². The topological polar surface area (TPSA) is 142 Å². The summed E-state index contributed by atoms with van der Waals surface area (Å²) >= 11 is 0. The van der Waals surface area contributed by atoms with Crippen LogP contribution in [0.15, 0.2) is 42.5 Å². The maximum Gasteiger partial charge on any atom is 0.469 e. The number of rotatable bonds is 9. The Morgan fingerprint density at radius 2 is 1.81 bits per heavy atom. The van der Waals surface area contributed by atoms with Crippen LogP contribution in [0.3, 0.4) is 0 Å². The van der Waals surface area contributed by atoms with Crippen molar-refractivity contribution < 1.29 is 32.1 Å². The number of phosphoric ester groups is 1. The maximum absolute atomic E-state index is 12.5. The van der Waals surface area contributed by atoms with Crippen LogP contribution in [0.4, 0.5) is 10.5 Å². The van der Waals surface area contributed by atoms with Gasteiger partial charge in [-0.1, -0.05) is 43.2 Å². The Morgan fingerprint density at radius 1 is 1.13 bits per heavy atom. The van der Waals surface area contributed by atoms with Crippen molar-refractivity contribution in [3.63, 3.8) is 0 Å². The summed E-state index contributed by atoms with van der Waals surface area (Å²) in [6.45, 7) is -0.367. The second-order valence-electron chi connectivity index (χ2n) is 7.84. The molecule has 0 aromatic heterocycles. The SMILES string of the molecule is O=C(NCC(CS(=O)(=O)CC1CCCC1)OP(=O)(O)O)Nc1ccc2ccccc2c1. The molecule has 2 aromatic rings. The van der Waals surface area contributed by atoms with Gasteiger partial charge in [0, 0.05) is 12.2 Å². The van der Waals surface area contributed by atoms with E-state index < -0.39 is 35.5 Å². The van der Waals surface area contributed by atoms with Gasteiger partial charge in [0.25, 0.3) is 0 Å². The summed E-state index contributed by atoms with van der Waals surface area (Å²) in [6.07, 6.45) is 2.26. The van der Waals surface area contributed by atoms with Gasteiger partial charge in [-0.25, -0.2) is 17.8 Å². The van der Waals surface area contributed by atoms with Gasteiger partial charge in [-0.3, -0.25) is 4.52 Å². The predicted molar refractivity (Wildman–Crippen MR) is 118 cm³/mol. The smallest absolute Gasteiger partial charge is 0.335 e. The first-order chi connectivity index (χ1) is 14.6. The van der Waals surface area contributed by atoms with Crippen LogP contribution in [0.1, 0.15) is 25.7 Å². The Labute approximate surface area is 181 Å². The van der Waals surface area contributed by atoms with E-state index in [4.69, 9.17) is 9.79 Å². The van der Waals surface area contributed by atoms with Gasteiger partial charge in [-0.05, 0) is 41.7 Å². The second kappa shape index (κ2) is 10.1. The normalized spacial score (nSPS) is 16.3. The van der Waals surface area contributed by atoms with Crippen LogP contribution in [0.5, 0.6) is 0 Å². The van der Waals surface area contributed by atoms with Gasteiger partial charge in [0.05, 0.1) is 11.5 Å². The lowest BCUT2D eigenvalue weighted by molar-refractivity contribution is 0.145. The van der Waals surface area contributed by atoms with Crippen molar-refractivity contribution in [3.8, 4) is 0 Å². The Bertz CT molecular complexity index is 1060. The van der Waals surface area contributed by atoms with Crippen LogP contribution >= 0.6 is 7.82 Å². The molecule has 0 heterocycles. The minimum absolute atomic E-state index is 0.0443. The number of nitrogens with one attached hydrogen (secondary N) is 2. The van der Waals surface area contributed by atoms with Crippen molar-refractivity contribution in [2.75, 3.05) is 23.4 Å². The first-order valence-electron chi connectivity index (χ1n) is 10.1. The summed E-state index contributed by atoms with van der Waals surface area (Å²) in [5.74, 6) is -0.563. The fourth-order valence-corrected chi connectivity index (χ4v) is 6.44. The lowest BCUT2D eigenvalue weighted by atomic mass is 10.1. The summed E-state index contributed by atoms with van der Waals surface area (Å²) in [6, 6.07) is 12.3. The number of hydrogen-bond acceptors (Lipinski definition) is 5. The van der Waals surface area contributed by atoms with Crippen LogP contribution in [-0.2, 0) is 18.9 Å². The monoisotopic (exact) mass is 470 g/mol. The molecule has 4 N–H and O–H groups in total. The van der Waals surface area contributed by atoms with Crippen LogP contribution in [0, 0.1) is 5.92 Å². The molecule has 1 fully saturated rings. The number of carbonyl (C=O) groups is 1. The summed E-state index contributed by atoms with van der Waals surface area (Å²) in [5.41, 5.74) is 0.525. The third-order valence-corrected chi connectivity index (χ3v) is 7.62. The van der Waals surface area contributed by atoms with Crippen molar-refractivity contribution >= 4 is 40.2 Å². The van der Waals surface area contributed by atoms with E-state index in [-0.39, 0.29) is 18.2 Å². The van der Waals surface area contributed by atoms with Crippen LogP contribution in [0.25, 0.3) is 10.8 Å². The molecule has 11 heteroatoms. The minimum atomic E-state index is -4.93. The van der Waals surface area contributed by atoms with Gasteiger partial charge in [0.2, 0.25) is 0 Å². The lowest BCUT2D eigenvalue weighted by Gasteiger charge is -2.20. The van der Waals surface area contributed by atoms with E-state index in [0.29, 0.717) is 5.69 Å². The molecule has 0 spiro atoms. The van der Waals surface area contributed by atoms with E-state index in [1.807, 2.05) is 30.3 Å². The quantitative estimate of drug-likeness (QED) is 0.413. The number of benzene rings is 2. The summed E-state index contributed by atoms with van der Waals surface area (Å²) in [4.78, 5) is 30.5. The molecule has 1 aliphatic carbocycles. The molecule has 1 saturated carbocycles. The number of hydrogen-bond donors (Lipinski definition) is 4. The summed E-state index contributed by atoms with van der Waals surface area (Å²) < 4.78 is 40.9. The lowest BCUT2D eigenvalue weighted by Crippen LogP contribution is -2.40. The van der Waals surface area contributed by atoms with Crippen molar-refractivity contribution in [2.24, 2.45) is 5.92 Å². The molecular weight excluding hydrogens is 443 g/mol. The third kappa shape index (κ3) is 7.90. The van der Waals surface area contributed by atoms with E-state index in [9.17, 15) is 17.8 Å². The maximum atomic E-state index is 12.5. The average Bonchev–Trinajstić information content (AvgIpc) is 3.17. The highest BCUT2D eigenvalue weighted by Crippen LogP contribution is 2.38. The van der Waals surface area contributed by atoms with E-state index in [1.165, 1.54) is 0 Å². The molecular formula is C20H27N2O7PS. The van der Waals surface area contributed by atoms with Gasteiger partial charge < -0.3 is 20.4 Å². The van der Waals surface area contributed by atoms with Gasteiger partial charge in [0.1, 0.15) is 6.10 Å². The zero-order valence-electron chi connectivity index (χ0n) is 16.9. The first-order valence-corrected chi connectivity index (χ1v) is 13.4. The molecule has 0 radical (unpaired) electrons. The van der Waals surface area contributed by atoms with E-state index in [1.54, 1.807) is 12.1 Å². The number of phosphoric acid groups is 1. The zero-order chi connectivity index (χ0) is 22.5. The van der Waals surface area contributed by atoms with Gasteiger partial charge in [0.15, 0.2) is 9.84 Å². The standard InChI is InChI=1S/C20H27N2O7PS/c23-20(22-18-10-9-16-7-3-4-8-17(16)11-18)21-12-19(29-30(24,25)26)14-31(27,28)13-15-5-1-2-6-15/h3-4,7-11,15,19H,1-2,5-6,12-14H2,(H2,21,22,23)(H2,24,25,26). The number of fused-ring (bicyclic) bond motifs is 1. The molecule has 1 aliphatic rings. The highest BCUT2D eigenvalue weighted by Gasteiger charge is 2.30. The highest BCUT2D eigenvalue weighted by molar-refractivity contribution is 7.91. The fraction of sp³-hybridized carbons (Fsp3) is 0.450. The van der Waals surface area contributed by atoms with E-state index in [0.717, 1.165) is 36.5 Å². The second-order valence-corrected chi connectivity index (χ2v) is 11.2. The Balaban J connectivity index is 1.59. The van der Waals surface area contributed by atoms with E-state index >= 15 is 0 Å². The predicted octanol–water partition coefficient (Wildman–Crippen LogP) is 3.04. The largest absolute Gasteiger partial charge is 0.469 e. The molecule has 9 nitrogen and oxygen atoms in total. The number of urea groups is 1. The highest BCUT2D eigenvalue weighted by atomic mass is 32.2. The van der Waals surface area contributed by atoms with Crippen molar-refractivity contribution in [1.82, 2.24) is 5.32 Å². The molecule has 3 rings (SSSR count). The molecule has 31 heavy (non-hydrogen) atoms. The fourth-order valence-electron chi connectivity index (χ4n) is 3.86. The molecule has 0 saturated heterocycles. The summed E-state index contributed by atoms with van der Waals surface area (Å²) in [5, 5.41) is 7.00. The van der Waals surface area contributed by atoms with Crippen molar-refractivity contribution in [3.05, 3.63) is 42.5 Å². The first kappa shape index (κ1) is 23.7. The van der Waals surface area contributed by atoms with Crippen molar-refractivity contribution in [2.45, 2.75) is 31.8 Å². The number of anilines is 1. The Morgan fingerprint density at radius 3 is 2.48 bits per heavy atom. The summed E-state index contributed by atoms with van der Waals surface area (Å²) in [7, 11) is -8.54. The number of amides is 2. The minimum Gasteiger partial charge on any atom is -0.335 e. The molecule has 170 valence electrons. The Hall–Kier alpha value is -1.97. The number of carbonyl (C=O) groups excluding carboxylic acids is 1.